The van der Waals surface area contributed by atoms with Crippen LogP contribution in [0.5, 0.6) is 0 Å². The van der Waals surface area contributed by atoms with Crippen LogP contribution in [0.3, 0.4) is 0 Å². The van der Waals surface area contributed by atoms with E-state index in [0.29, 0.717) is 0 Å². The SMILES string of the molecule is Cc1c2n(c3ccc(Cl)cc13)CN(C)CC2. The smallest absolute Gasteiger partial charge is 0.0751 e. The topological polar surface area (TPSA) is 8.17 Å². The first kappa shape index (κ1) is 10.2. The van der Waals surface area contributed by atoms with Crippen molar-refractivity contribution in [3.63, 3.8) is 0 Å². The molecule has 0 saturated carbocycles. The van der Waals surface area contributed by atoms with E-state index in [1.54, 1.807) is 0 Å². The van der Waals surface area contributed by atoms with Crippen LogP contribution in [0.15, 0.2) is 18.2 Å². The fourth-order valence-electron chi connectivity index (χ4n) is 2.64. The third kappa shape index (κ3) is 1.37. The highest BCUT2D eigenvalue weighted by molar-refractivity contribution is 6.31. The Bertz CT molecular complexity index is 557. The summed E-state index contributed by atoms with van der Waals surface area (Å²) in [4.78, 5) is 2.35. The molecule has 1 aliphatic rings. The Morgan fingerprint density at radius 1 is 1.31 bits per heavy atom. The minimum atomic E-state index is 0.826. The van der Waals surface area contributed by atoms with Crippen molar-refractivity contribution in [2.24, 2.45) is 0 Å². The quantitative estimate of drug-likeness (QED) is 0.680. The summed E-state index contributed by atoms with van der Waals surface area (Å²) < 4.78 is 2.41. The first-order chi connectivity index (χ1) is 7.66. The maximum absolute atomic E-state index is 6.06. The van der Waals surface area contributed by atoms with Crippen molar-refractivity contribution in [1.29, 1.82) is 0 Å². The third-order valence-electron chi connectivity index (χ3n) is 3.53. The summed E-state index contributed by atoms with van der Waals surface area (Å²) >= 11 is 6.06. The molecule has 0 fully saturated rings. The second-order valence-corrected chi connectivity index (χ2v) is 5.07. The Morgan fingerprint density at radius 3 is 2.94 bits per heavy atom. The molecule has 2 heterocycles. The maximum atomic E-state index is 6.06. The number of fused-ring (bicyclic) bond motifs is 3. The lowest BCUT2D eigenvalue weighted by molar-refractivity contribution is 0.244. The molecule has 16 heavy (non-hydrogen) atoms. The highest BCUT2D eigenvalue weighted by Gasteiger charge is 2.19. The van der Waals surface area contributed by atoms with Gasteiger partial charge in [0.1, 0.15) is 0 Å². The molecule has 84 valence electrons. The van der Waals surface area contributed by atoms with Crippen molar-refractivity contribution in [3.05, 3.63) is 34.5 Å². The van der Waals surface area contributed by atoms with Crippen LogP contribution in [-0.2, 0) is 13.1 Å². The Labute approximate surface area is 100 Å². The minimum absolute atomic E-state index is 0.826. The lowest BCUT2D eigenvalue weighted by Crippen LogP contribution is -2.30. The summed E-state index contributed by atoms with van der Waals surface area (Å²) in [6.45, 7) is 4.34. The monoisotopic (exact) mass is 234 g/mol. The number of aromatic nitrogens is 1. The molecular weight excluding hydrogens is 220 g/mol. The van der Waals surface area contributed by atoms with Gasteiger partial charge in [-0.1, -0.05) is 11.6 Å². The molecule has 3 heteroatoms. The number of likely N-dealkylation sites (N-methyl/N-ethyl adjacent to an activating group) is 1. The van der Waals surface area contributed by atoms with Gasteiger partial charge in [-0.25, -0.2) is 0 Å². The Morgan fingerprint density at radius 2 is 2.12 bits per heavy atom. The van der Waals surface area contributed by atoms with Crippen LogP contribution in [0.4, 0.5) is 0 Å². The van der Waals surface area contributed by atoms with Crippen LogP contribution >= 0.6 is 11.6 Å². The van der Waals surface area contributed by atoms with Gasteiger partial charge >= 0.3 is 0 Å². The molecule has 0 aliphatic carbocycles. The van der Waals surface area contributed by atoms with Crippen LogP contribution in [0, 0.1) is 6.92 Å². The van der Waals surface area contributed by atoms with E-state index in [9.17, 15) is 0 Å². The molecule has 0 atom stereocenters. The Balaban J connectivity index is 2.32. The molecule has 1 aliphatic heterocycles. The predicted molar refractivity (Wildman–Crippen MR) is 68.0 cm³/mol. The summed E-state index contributed by atoms with van der Waals surface area (Å²) in [5, 5.41) is 2.13. The van der Waals surface area contributed by atoms with E-state index in [2.05, 4.69) is 35.6 Å². The van der Waals surface area contributed by atoms with E-state index in [1.165, 1.54) is 22.2 Å². The standard InChI is InChI=1S/C13H15ClN2/c1-9-11-7-10(14)3-4-13(11)16-8-15(2)6-5-12(9)16/h3-4,7H,5-6,8H2,1-2H3. The molecule has 0 saturated heterocycles. The van der Waals surface area contributed by atoms with Crippen LogP contribution in [0.2, 0.25) is 5.02 Å². The van der Waals surface area contributed by atoms with Gasteiger partial charge in [0.05, 0.1) is 6.67 Å². The molecule has 2 aromatic rings. The number of benzene rings is 1. The Hall–Kier alpha value is -0.990. The number of nitrogens with zero attached hydrogens (tertiary/aromatic N) is 2. The molecule has 1 aromatic carbocycles. The van der Waals surface area contributed by atoms with Gasteiger partial charge in [0, 0.05) is 34.6 Å². The summed E-state index contributed by atoms with van der Waals surface area (Å²) in [7, 11) is 2.17. The van der Waals surface area contributed by atoms with Crippen molar-refractivity contribution < 1.29 is 0 Å². The van der Waals surface area contributed by atoms with Gasteiger partial charge in [-0.15, -0.1) is 0 Å². The van der Waals surface area contributed by atoms with Gasteiger partial charge in [0.15, 0.2) is 0 Å². The molecule has 0 N–H and O–H groups in total. The van der Waals surface area contributed by atoms with Crippen molar-refractivity contribution in [1.82, 2.24) is 9.47 Å². The first-order valence-corrected chi connectivity index (χ1v) is 6.00. The average molecular weight is 235 g/mol. The molecule has 0 bridgehead atoms. The van der Waals surface area contributed by atoms with Gasteiger partial charge in [-0.05, 0) is 37.7 Å². The summed E-state index contributed by atoms with van der Waals surface area (Å²) in [6, 6.07) is 6.19. The van der Waals surface area contributed by atoms with Crippen molar-refractivity contribution >= 4 is 22.5 Å². The van der Waals surface area contributed by atoms with Gasteiger partial charge < -0.3 is 4.57 Å². The van der Waals surface area contributed by atoms with Crippen molar-refractivity contribution in [2.45, 2.75) is 20.0 Å². The normalized spacial score (nSPS) is 16.7. The number of halogens is 1. The maximum Gasteiger partial charge on any atom is 0.0751 e. The van der Waals surface area contributed by atoms with Gasteiger partial charge in [-0.3, -0.25) is 4.90 Å². The number of aryl methyl sites for hydroxylation is 1. The highest BCUT2D eigenvalue weighted by atomic mass is 35.5. The van der Waals surface area contributed by atoms with E-state index < -0.39 is 0 Å². The molecule has 1 aromatic heterocycles. The van der Waals surface area contributed by atoms with E-state index in [-0.39, 0.29) is 0 Å². The Kier molecular flexibility index (Phi) is 2.23. The van der Waals surface area contributed by atoms with Crippen LogP contribution in [-0.4, -0.2) is 23.1 Å². The average Bonchev–Trinajstić information content (AvgIpc) is 2.52. The van der Waals surface area contributed by atoms with Crippen molar-refractivity contribution in [2.75, 3.05) is 13.6 Å². The zero-order valence-corrected chi connectivity index (χ0v) is 10.4. The van der Waals surface area contributed by atoms with Crippen molar-refractivity contribution in [3.8, 4) is 0 Å². The molecule has 0 amide bonds. The minimum Gasteiger partial charge on any atom is -0.331 e. The molecule has 0 radical (unpaired) electrons. The zero-order chi connectivity index (χ0) is 11.3. The largest absolute Gasteiger partial charge is 0.331 e. The van der Waals surface area contributed by atoms with E-state index in [0.717, 1.165) is 24.7 Å². The molecule has 0 spiro atoms. The third-order valence-corrected chi connectivity index (χ3v) is 3.76. The summed E-state index contributed by atoms with van der Waals surface area (Å²) in [6.07, 6.45) is 1.13. The second-order valence-electron chi connectivity index (χ2n) is 4.63. The van der Waals surface area contributed by atoms with Gasteiger partial charge in [-0.2, -0.15) is 0 Å². The van der Waals surface area contributed by atoms with Crippen LogP contribution in [0.1, 0.15) is 11.3 Å². The highest BCUT2D eigenvalue weighted by Crippen LogP contribution is 2.30. The molecule has 0 unspecified atom stereocenters. The number of hydrogen-bond acceptors (Lipinski definition) is 1. The second kappa shape index (κ2) is 3.51. The molecule has 3 rings (SSSR count). The van der Waals surface area contributed by atoms with E-state index >= 15 is 0 Å². The fraction of sp³-hybridized carbons (Fsp3) is 0.385. The van der Waals surface area contributed by atoms with Crippen LogP contribution in [0.25, 0.3) is 10.9 Å². The zero-order valence-electron chi connectivity index (χ0n) is 9.63. The van der Waals surface area contributed by atoms with E-state index in [4.69, 9.17) is 11.6 Å². The predicted octanol–water partition coefficient (Wildman–Crippen LogP) is 3.05. The van der Waals surface area contributed by atoms with Gasteiger partial charge in [0.2, 0.25) is 0 Å². The number of hydrogen-bond donors (Lipinski definition) is 0. The summed E-state index contributed by atoms with van der Waals surface area (Å²) in [5.41, 5.74) is 4.17. The summed E-state index contributed by atoms with van der Waals surface area (Å²) in [5.74, 6) is 0. The van der Waals surface area contributed by atoms with Crippen LogP contribution < -0.4 is 0 Å². The lowest BCUT2D eigenvalue weighted by Gasteiger charge is -2.26. The first-order valence-electron chi connectivity index (χ1n) is 5.62. The molecular formula is C13H15ClN2. The van der Waals surface area contributed by atoms with E-state index in [1.807, 2.05) is 6.07 Å². The van der Waals surface area contributed by atoms with Gasteiger partial charge in [0.25, 0.3) is 0 Å². The molecule has 2 nitrogen and oxygen atoms in total. The number of rotatable bonds is 0. The fourth-order valence-corrected chi connectivity index (χ4v) is 2.81. The lowest BCUT2D eigenvalue weighted by atomic mass is 10.1.